The van der Waals surface area contributed by atoms with Gasteiger partial charge in [0.25, 0.3) is 0 Å². The van der Waals surface area contributed by atoms with Gasteiger partial charge in [0.05, 0.1) is 16.1 Å². The normalized spacial score (nSPS) is 27.6. The molecule has 26 heavy (non-hydrogen) atoms. The molecule has 1 spiro atoms. The van der Waals surface area contributed by atoms with E-state index in [1.165, 1.54) is 6.42 Å². The Labute approximate surface area is 175 Å². The van der Waals surface area contributed by atoms with Crippen LogP contribution in [0.3, 0.4) is 0 Å². The van der Waals surface area contributed by atoms with E-state index in [1.807, 2.05) is 0 Å². The van der Waals surface area contributed by atoms with Crippen LogP contribution in [0.5, 0.6) is 0 Å². The number of guanidine groups is 1. The zero-order valence-corrected chi connectivity index (χ0v) is 19.0. The molecule has 6 nitrogen and oxygen atoms in total. The molecule has 0 aromatic rings. The maximum absolute atomic E-state index is 12.7. The van der Waals surface area contributed by atoms with Crippen LogP contribution in [0.1, 0.15) is 64.2 Å². The first-order valence-electron chi connectivity index (χ1n) is 9.80. The minimum Gasteiger partial charge on any atom is -0.388 e. The number of halogens is 1. The molecule has 1 saturated heterocycles. The molecule has 3 aliphatic rings. The quantitative estimate of drug-likeness (QED) is 0.346. The Morgan fingerprint density at radius 3 is 2.23 bits per heavy atom. The zero-order valence-electron chi connectivity index (χ0n) is 15.9. The number of sulfone groups is 1. The lowest BCUT2D eigenvalue weighted by molar-refractivity contribution is 0.00806. The maximum Gasteiger partial charge on any atom is 0.193 e. The van der Waals surface area contributed by atoms with Crippen molar-refractivity contribution in [3.8, 4) is 0 Å². The summed E-state index contributed by atoms with van der Waals surface area (Å²) < 4.78 is 24.9. The average molecular weight is 499 g/mol. The Morgan fingerprint density at radius 1 is 1.08 bits per heavy atom. The summed E-state index contributed by atoms with van der Waals surface area (Å²) >= 11 is 0. The van der Waals surface area contributed by atoms with Gasteiger partial charge in [-0.3, -0.25) is 4.99 Å². The molecule has 0 aromatic carbocycles. The van der Waals surface area contributed by atoms with Gasteiger partial charge in [-0.15, -0.1) is 24.0 Å². The Balaban J connectivity index is 0.00000243. The first kappa shape index (κ1) is 22.2. The topological polar surface area (TPSA) is 82.0 Å². The third-order valence-corrected chi connectivity index (χ3v) is 8.98. The lowest BCUT2D eigenvalue weighted by Gasteiger charge is -2.45. The lowest BCUT2D eigenvalue weighted by Crippen LogP contribution is -2.61. The van der Waals surface area contributed by atoms with Crippen molar-refractivity contribution in [1.29, 1.82) is 0 Å². The van der Waals surface area contributed by atoms with Gasteiger partial charge in [0.15, 0.2) is 15.8 Å². The minimum atomic E-state index is -3.04. The average Bonchev–Trinajstić information content (AvgIpc) is 2.60. The third-order valence-electron chi connectivity index (χ3n) is 6.40. The molecule has 2 aliphatic carbocycles. The number of aliphatic imine (C=N–C) groups is 1. The number of hydrogen-bond donors (Lipinski definition) is 2. The smallest absolute Gasteiger partial charge is 0.193 e. The van der Waals surface area contributed by atoms with Crippen molar-refractivity contribution in [1.82, 2.24) is 10.2 Å². The van der Waals surface area contributed by atoms with E-state index in [0.717, 1.165) is 63.7 Å². The summed E-state index contributed by atoms with van der Waals surface area (Å²) in [4.78, 5) is 6.47. The van der Waals surface area contributed by atoms with Crippen molar-refractivity contribution in [3.05, 3.63) is 0 Å². The van der Waals surface area contributed by atoms with Crippen molar-refractivity contribution in [3.63, 3.8) is 0 Å². The van der Waals surface area contributed by atoms with Crippen molar-refractivity contribution in [2.24, 2.45) is 4.99 Å². The fraction of sp³-hybridized carbons (Fsp3) is 0.944. The predicted molar refractivity (Wildman–Crippen MR) is 116 cm³/mol. The second kappa shape index (κ2) is 8.94. The van der Waals surface area contributed by atoms with Crippen LogP contribution in [0.15, 0.2) is 4.99 Å². The van der Waals surface area contributed by atoms with Crippen LogP contribution in [-0.2, 0) is 9.84 Å². The highest BCUT2D eigenvalue weighted by molar-refractivity contribution is 14.0. The highest BCUT2D eigenvalue weighted by Gasteiger charge is 2.48. The van der Waals surface area contributed by atoms with Gasteiger partial charge in [0.1, 0.15) is 0 Å². The molecule has 2 saturated carbocycles. The van der Waals surface area contributed by atoms with Crippen molar-refractivity contribution in [2.75, 3.05) is 32.4 Å². The van der Waals surface area contributed by atoms with Gasteiger partial charge in [-0.2, -0.15) is 0 Å². The molecule has 0 unspecified atom stereocenters. The number of aliphatic hydroxyl groups is 1. The van der Waals surface area contributed by atoms with E-state index in [4.69, 9.17) is 0 Å². The summed E-state index contributed by atoms with van der Waals surface area (Å²) in [5, 5.41) is 14.0. The van der Waals surface area contributed by atoms with Crippen LogP contribution >= 0.6 is 24.0 Å². The second-order valence-corrected chi connectivity index (χ2v) is 10.7. The summed E-state index contributed by atoms with van der Waals surface area (Å²) in [6.07, 6.45) is 9.67. The van der Waals surface area contributed by atoms with Gasteiger partial charge in [0.2, 0.25) is 0 Å². The van der Waals surface area contributed by atoms with Crippen molar-refractivity contribution >= 4 is 39.8 Å². The lowest BCUT2D eigenvalue weighted by atomic mass is 9.85. The van der Waals surface area contributed by atoms with Crippen LogP contribution in [0.2, 0.25) is 0 Å². The van der Waals surface area contributed by atoms with E-state index < -0.39 is 20.2 Å². The van der Waals surface area contributed by atoms with E-state index in [9.17, 15) is 13.5 Å². The largest absolute Gasteiger partial charge is 0.388 e. The molecule has 8 heteroatoms. The fourth-order valence-corrected chi connectivity index (χ4v) is 6.94. The predicted octanol–water partition coefficient (Wildman–Crippen LogP) is 2.31. The van der Waals surface area contributed by atoms with Crippen LogP contribution in [0.4, 0.5) is 0 Å². The second-order valence-electron chi connectivity index (χ2n) is 8.17. The van der Waals surface area contributed by atoms with E-state index in [2.05, 4.69) is 15.2 Å². The van der Waals surface area contributed by atoms with Gasteiger partial charge in [-0.1, -0.05) is 38.5 Å². The molecule has 3 rings (SSSR count). The first-order chi connectivity index (χ1) is 11.9. The number of hydrogen-bond acceptors (Lipinski definition) is 4. The SMILES string of the molecule is CN=C(NCC1(O)CCCCC1)N1CCS(=O)(=O)C2(CCCCC2)C1.I. The highest BCUT2D eigenvalue weighted by Crippen LogP contribution is 2.38. The summed E-state index contributed by atoms with van der Waals surface area (Å²) in [5.41, 5.74) is -0.654. The summed E-state index contributed by atoms with van der Waals surface area (Å²) in [6, 6.07) is 0. The molecule has 1 aliphatic heterocycles. The van der Waals surface area contributed by atoms with Gasteiger partial charge in [0, 0.05) is 26.7 Å². The molecule has 0 bridgehead atoms. The minimum absolute atomic E-state index is 0. The Hall–Kier alpha value is -0.0900. The molecule has 1 heterocycles. The van der Waals surface area contributed by atoms with Crippen LogP contribution in [0.25, 0.3) is 0 Å². The Bertz CT molecular complexity index is 597. The van der Waals surface area contributed by atoms with Crippen LogP contribution in [-0.4, -0.2) is 67.2 Å². The molecular formula is C18H34IN3O3S. The van der Waals surface area contributed by atoms with Gasteiger partial charge in [-0.05, 0) is 25.7 Å². The maximum atomic E-state index is 12.7. The first-order valence-corrected chi connectivity index (χ1v) is 11.5. The molecule has 2 N–H and O–H groups in total. The molecule has 0 aromatic heterocycles. The molecule has 0 amide bonds. The summed E-state index contributed by atoms with van der Waals surface area (Å²) in [6.45, 7) is 1.52. The molecular weight excluding hydrogens is 465 g/mol. The fourth-order valence-electron chi connectivity index (χ4n) is 4.78. The van der Waals surface area contributed by atoms with Gasteiger partial charge >= 0.3 is 0 Å². The molecule has 3 fully saturated rings. The van der Waals surface area contributed by atoms with Crippen LogP contribution in [0, 0.1) is 0 Å². The summed E-state index contributed by atoms with van der Waals surface area (Å²) in [7, 11) is -1.30. The Kier molecular flexibility index (Phi) is 7.63. The third kappa shape index (κ3) is 4.66. The number of nitrogens with one attached hydrogen (secondary N) is 1. The zero-order chi connectivity index (χ0) is 18.0. The molecule has 0 atom stereocenters. The van der Waals surface area contributed by atoms with Crippen molar-refractivity contribution in [2.45, 2.75) is 74.6 Å². The van der Waals surface area contributed by atoms with E-state index >= 15 is 0 Å². The number of nitrogens with zero attached hydrogens (tertiary/aromatic N) is 2. The Morgan fingerprint density at radius 2 is 1.65 bits per heavy atom. The summed E-state index contributed by atoms with van der Waals surface area (Å²) in [5.74, 6) is 0.941. The molecule has 152 valence electrons. The van der Waals surface area contributed by atoms with E-state index in [-0.39, 0.29) is 29.7 Å². The van der Waals surface area contributed by atoms with E-state index in [0.29, 0.717) is 19.6 Å². The van der Waals surface area contributed by atoms with Gasteiger partial charge < -0.3 is 15.3 Å². The van der Waals surface area contributed by atoms with E-state index in [1.54, 1.807) is 7.05 Å². The standard InChI is InChI=1S/C18H33N3O3S.HI/c1-19-16(20-14-17(22)8-4-2-5-9-17)21-12-13-25(23,24)18(15-21)10-6-3-7-11-18;/h22H,2-15H2,1H3,(H,19,20);1H. The van der Waals surface area contributed by atoms with Gasteiger partial charge in [-0.25, -0.2) is 8.42 Å². The van der Waals surface area contributed by atoms with Crippen molar-refractivity contribution < 1.29 is 13.5 Å². The molecule has 0 radical (unpaired) electrons. The number of rotatable bonds is 2. The highest BCUT2D eigenvalue weighted by atomic mass is 127. The monoisotopic (exact) mass is 499 g/mol. The van der Waals surface area contributed by atoms with Crippen LogP contribution < -0.4 is 5.32 Å².